The molecule has 1 aliphatic rings. The fourth-order valence-corrected chi connectivity index (χ4v) is 5.83. The number of benzene rings is 2. The van der Waals surface area contributed by atoms with E-state index < -0.39 is 59.6 Å². The number of para-hydroxylation sites is 1. The molecular weight excluding hydrogens is 629 g/mol. The summed E-state index contributed by atoms with van der Waals surface area (Å²) in [6.45, 7) is -1.14. The van der Waals surface area contributed by atoms with Crippen LogP contribution in [-0.4, -0.2) is 69.0 Å². The first-order valence-corrected chi connectivity index (χ1v) is 14.3. The standard InChI is InChI=1S/C32H26F5N5O5/c1-40-25-5-3-2-4-17(25)12-21(30(40)44)20-7-6-18(42-9-8-38-28(20)42)15-24(31(45)46)39-29(43)27-22(33)13-19(14-23(27)34)41-10-11-47-16-26(41)32(35,36)37/h2-9,12-14,24,26H,10-11,15-16H2,1H3,(H,39,43)(H,45,46). The van der Waals surface area contributed by atoms with Crippen molar-refractivity contribution >= 4 is 34.1 Å². The van der Waals surface area contributed by atoms with Gasteiger partial charge in [0.15, 0.2) is 0 Å². The molecule has 1 aliphatic heterocycles. The van der Waals surface area contributed by atoms with Crippen molar-refractivity contribution in [1.82, 2.24) is 19.3 Å². The maximum atomic E-state index is 15.1. The van der Waals surface area contributed by atoms with E-state index in [-0.39, 0.29) is 25.1 Å². The molecule has 15 heteroatoms. The van der Waals surface area contributed by atoms with Crippen molar-refractivity contribution in [3.63, 3.8) is 0 Å². The summed E-state index contributed by atoms with van der Waals surface area (Å²) >= 11 is 0. The lowest BCUT2D eigenvalue weighted by Crippen LogP contribution is -2.53. The van der Waals surface area contributed by atoms with Gasteiger partial charge in [0.05, 0.1) is 24.3 Å². The van der Waals surface area contributed by atoms with E-state index in [1.165, 1.54) is 10.8 Å². The number of pyridine rings is 2. The maximum absolute atomic E-state index is 15.1. The zero-order valence-corrected chi connectivity index (χ0v) is 24.6. The van der Waals surface area contributed by atoms with Crippen molar-refractivity contribution in [2.45, 2.75) is 24.7 Å². The Morgan fingerprint density at radius 2 is 1.81 bits per heavy atom. The molecule has 1 saturated heterocycles. The number of carboxylic acids is 1. The summed E-state index contributed by atoms with van der Waals surface area (Å²) in [5, 5.41) is 12.8. The van der Waals surface area contributed by atoms with Gasteiger partial charge < -0.3 is 29.0 Å². The van der Waals surface area contributed by atoms with Gasteiger partial charge in [-0.3, -0.25) is 9.59 Å². The molecule has 4 heterocycles. The van der Waals surface area contributed by atoms with Gasteiger partial charge in [0.25, 0.3) is 11.5 Å². The number of nitrogens with one attached hydrogen (secondary N) is 1. The van der Waals surface area contributed by atoms with Crippen LogP contribution in [0.15, 0.2) is 71.8 Å². The normalized spacial score (nSPS) is 16.0. The van der Waals surface area contributed by atoms with Crippen molar-refractivity contribution in [2.24, 2.45) is 7.05 Å². The highest BCUT2D eigenvalue weighted by molar-refractivity contribution is 5.97. The number of carbonyl (C=O) groups is 2. The van der Waals surface area contributed by atoms with E-state index >= 15 is 8.78 Å². The fraction of sp³-hybridized carbons (Fsp3) is 0.250. The Labute approximate surface area is 262 Å². The second kappa shape index (κ2) is 12.1. The van der Waals surface area contributed by atoms with Gasteiger partial charge in [-0.05, 0) is 41.8 Å². The molecule has 2 atom stereocenters. The van der Waals surface area contributed by atoms with E-state index in [1.807, 2.05) is 24.3 Å². The minimum Gasteiger partial charge on any atom is -0.480 e. The number of alkyl halides is 3. The van der Waals surface area contributed by atoms with E-state index in [1.54, 1.807) is 35.8 Å². The van der Waals surface area contributed by atoms with Crippen LogP contribution in [0.4, 0.5) is 27.6 Å². The largest absolute Gasteiger partial charge is 0.480 e. The number of nitrogens with zero attached hydrogens (tertiary/aromatic N) is 4. The molecule has 2 aromatic carbocycles. The second-order valence-electron chi connectivity index (χ2n) is 11.0. The summed E-state index contributed by atoms with van der Waals surface area (Å²) in [7, 11) is 1.65. The quantitative estimate of drug-likeness (QED) is 0.251. The number of aliphatic carboxylic acids is 1. The SMILES string of the molecule is Cn1c(=O)c(-c2ccc(CC(NC(=O)c3c(F)cc(N4CCOCC4C(F)(F)F)cc3F)C(=O)O)n3ccnc23)cc2ccccc21. The number of ether oxygens (including phenoxy) is 1. The number of hydrogen-bond acceptors (Lipinski definition) is 6. The van der Waals surface area contributed by atoms with Crippen molar-refractivity contribution in [3.8, 4) is 11.1 Å². The number of imidazole rings is 1. The molecule has 10 nitrogen and oxygen atoms in total. The molecule has 2 unspecified atom stereocenters. The van der Waals surface area contributed by atoms with Crippen molar-refractivity contribution in [3.05, 3.63) is 100 Å². The van der Waals surface area contributed by atoms with Gasteiger partial charge in [-0.2, -0.15) is 13.2 Å². The van der Waals surface area contributed by atoms with Gasteiger partial charge in [0.2, 0.25) is 0 Å². The molecule has 1 fully saturated rings. The number of carboxylic acid groups (broad SMARTS) is 1. The van der Waals surface area contributed by atoms with Crippen LogP contribution in [0.5, 0.6) is 0 Å². The number of halogens is 5. The zero-order chi connectivity index (χ0) is 33.6. The van der Waals surface area contributed by atoms with Crippen LogP contribution in [0.1, 0.15) is 16.1 Å². The Morgan fingerprint density at radius 3 is 2.51 bits per heavy atom. The minimum atomic E-state index is -4.75. The van der Waals surface area contributed by atoms with Crippen LogP contribution in [0, 0.1) is 11.6 Å². The van der Waals surface area contributed by atoms with Gasteiger partial charge in [0, 0.05) is 49.4 Å². The van der Waals surface area contributed by atoms with E-state index in [2.05, 4.69) is 10.3 Å². The average Bonchev–Trinajstić information content (AvgIpc) is 3.53. The molecule has 0 radical (unpaired) electrons. The summed E-state index contributed by atoms with van der Waals surface area (Å²) < 4.78 is 78.7. The number of fused-ring (bicyclic) bond motifs is 2. The lowest BCUT2D eigenvalue weighted by Gasteiger charge is -2.38. The summed E-state index contributed by atoms with van der Waals surface area (Å²) in [6.07, 6.45) is -2.11. The monoisotopic (exact) mass is 655 g/mol. The lowest BCUT2D eigenvalue weighted by molar-refractivity contribution is -0.167. The summed E-state index contributed by atoms with van der Waals surface area (Å²) in [4.78, 5) is 43.6. The number of hydrogen-bond donors (Lipinski definition) is 2. The van der Waals surface area contributed by atoms with E-state index in [0.717, 1.165) is 15.8 Å². The molecule has 0 bridgehead atoms. The lowest BCUT2D eigenvalue weighted by atomic mass is 10.0. The molecule has 0 spiro atoms. The predicted molar refractivity (Wildman–Crippen MR) is 160 cm³/mol. The molecular formula is C32H26F5N5O5. The van der Waals surface area contributed by atoms with Crippen molar-refractivity contribution in [1.29, 1.82) is 0 Å². The van der Waals surface area contributed by atoms with Crippen LogP contribution in [0.25, 0.3) is 27.7 Å². The number of aromatic nitrogens is 3. The zero-order valence-electron chi connectivity index (χ0n) is 24.6. The van der Waals surface area contributed by atoms with Crippen LogP contribution in [0.3, 0.4) is 0 Å². The smallest absolute Gasteiger partial charge is 0.411 e. The molecule has 0 aliphatic carbocycles. The van der Waals surface area contributed by atoms with Gasteiger partial charge >= 0.3 is 12.1 Å². The highest BCUT2D eigenvalue weighted by Gasteiger charge is 2.46. The fourth-order valence-electron chi connectivity index (χ4n) is 5.83. The Morgan fingerprint density at radius 1 is 1.09 bits per heavy atom. The molecule has 47 heavy (non-hydrogen) atoms. The van der Waals surface area contributed by atoms with Crippen LogP contribution >= 0.6 is 0 Å². The molecule has 2 N–H and O–H groups in total. The first-order chi connectivity index (χ1) is 22.3. The summed E-state index contributed by atoms with van der Waals surface area (Å²) in [5.41, 5.74) is 0.351. The number of aryl methyl sites for hydroxylation is 1. The summed E-state index contributed by atoms with van der Waals surface area (Å²) in [5.74, 6) is -5.86. The van der Waals surface area contributed by atoms with Crippen LogP contribution in [0.2, 0.25) is 0 Å². The third-order valence-electron chi connectivity index (χ3n) is 8.17. The maximum Gasteiger partial charge on any atom is 0.411 e. The van der Waals surface area contributed by atoms with E-state index in [4.69, 9.17) is 4.74 Å². The molecule has 244 valence electrons. The third kappa shape index (κ3) is 5.89. The van der Waals surface area contributed by atoms with E-state index in [9.17, 15) is 32.7 Å². The van der Waals surface area contributed by atoms with Gasteiger partial charge in [-0.25, -0.2) is 18.6 Å². The molecule has 5 aromatic rings. The van der Waals surface area contributed by atoms with Gasteiger partial charge in [0.1, 0.15) is 34.9 Å². The summed E-state index contributed by atoms with van der Waals surface area (Å²) in [6, 6.07) is 9.58. The van der Waals surface area contributed by atoms with Crippen molar-refractivity contribution in [2.75, 3.05) is 24.7 Å². The van der Waals surface area contributed by atoms with Crippen molar-refractivity contribution < 1.29 is 41.4 Å². The first-order valence-electron chi connectivity index (χ1n) is 14.3. The van der Waals surface area contributed by atoms with Gasteiger partial charge in [-0.1, -0.05) is 18.2 Å². The highest BCUT2D eigenvalue weighted by atomic mass is 19.4. The van der Waals surface area contributed by atoms with Gasteiger partial charge in [-0.15, -0.1) is 0 Å². The number of carbonyl (C=O) groups excluding carboxylic acids is 1. The first kappa shape index (κ1) is 31.7. The minimum absolute atomic E-state index is 0.109. The van der Waals surface area contributed by atoms with Crippen LogP contribution in [-0.2, 0) is 23.0 Å². The number of rotatable bonds is 7. The number of amides is 1. The number of anilines is 1. The average molecular weight is 656 g/mol. The Bertz CT molecular complexity index is 2070. The Hall–Kier alpha value is -5.31. The molecule has 3 aromatic heterocycles. The number of morpholine rings is 1. The third-order valence-corrected chi connectivity index (χ3v) is 8.17. The van der Waals surface area contributed by atoms with E-state index in [0.29, 0.717) is 34.6 Å². The Balaban J connectivity index is 1.28. The highest BCUT2D eigenvalue weighted by Crippen LogP contribution is 2.33. The molecule has 1 amide bonds. The topological polar surface area (TPSA) is 118 Å². The van der Waals surface area contributed by atoms with Crippen LogP contribution < -0.4 is 15.8 Å². The molecule has 6 rings (SSSR count). The second-order valence-corrected chi connectivity index (χ2v) is 11.0. The predicted octanol–water partition coefficient (Wildman–Crippen LogP) is 4.32. The Kier molecular flexibility index (Phi) is 8.17. The molecule has 0 saturated carbocycles.